The number of hydrogen-bond acceptors (Lipinski definition) is 0. The Hall–Kier alpha value is -1.27. The molecular formula is C30H32Cl2Zr. The minimum absolute atomic E-state index is 0. The van der Waals surface area contributed by atoms with Crippen molar-refractivity contribution in [1.82, 2.24) is 0 Å². The van der Waals surface area contributed by atoms with Crippen LogP contribution in [0.5, 0.6) is 0 Å². The van der Waals surface area contributed by atoms with Crippen LogP contribution in [0, 0.1) is 5.92 Å². The molecule has 2 aromatic rings. The molecule has 0 amide bonds. The molecule has 0 aliphatic heterocycles. The molecule has 2 aromatic carbocycles. The van der Waals surface area contributed by atoms with Crippen LogP contribution in [-0.4, -0.2) is 3.21 Å². The minimum Gasteiger partial charge on any atom is -1.00 e. The predicted molar refractivity (Wildman–Crippen MR) is 133 cm³/mol. The average Bonchev–Trinajstić information content (AvgIpc) is 3.30. The fraction of sp³-hybridized carbons (Fsp3) is 0.300. The van der Waals surface area contributed by atoms with Gasteiger partial charge >= 0.3 is 196 Å². The van der Waals surface area contributed by atoms with Crippen molar-refractivity contribution in [2.24, 2.45) is 5.92 Å². The van der Waals surface area contributed by atoms with Crippen LogP contribution in [-0.2, 0) is 21.3 Å². The summed E-state index contributed by atoms with van der Waals surface area (Å²) in [6.45, 7) is 12.8. The van der Waals surface area contributed by atoms with E-state index in [9.17, 15) is 0 Å². The molecule has 0 nitrogen and oxygen atoms in total. The van der Waals surface area contributed by atoms with Crippen molar-refractivity contribution < 1.29 is 46.1 Å². The molecule has 1 atom stereocenters. The Bertz CT molecular complexity index is 1120. The summed E-state index contributed by atoms with van der Waals surface area (Å²) in [6.07, 6.45) is 16.0. The third-order valence-electron chi connectivity index (χ3n) is 7.36. The molecular weight excluding hydrogens is 522 g/mol. The second-order valence-corrected chi connectivity index (χ2v) is 16.0. The van der Waals surface area contributed by atoms with Crippen LogP contribution in [0.3, 0.4) is 0 Å². The fourth-order valence-electron chi connectivity index (χ4n) is 5.91. The van der Waals surface area contributed by atoms with E-state index >= 15 is 0 Å². The molecule has 5 rings (SSSR count). The quantitative estimate of drug-likeness (QED) is 0.544. The number of hydrogen-bond donors (Lipinski definition) is 0. The Morgan fingerprint density at radius 1 is 0.848 bits per heavy atom. The van der Waals surface area contributed by atoms with Gasteiger partial charge in [0.2, 0.25) is 0 Å². The van der Waals surface area contributed by atoms with Crippen LogP contribution in [0.25, 0.3) is 23.3 Å². The second-order valence-electron chi connectivity index (χ2n) is 9.41. The summed E-state index contributed by atoms with van der Waals surface area (Å²) in [5.74, 6) is 0.608. The Kier molecular flexibility index (Phi) is 8.77. The maximum atomic E-state index is 4.03. The van der Waals surface area contributed by atoms with Crippen molar-refractivity contribution in [3.63, 3.8) is 0 Å². The smallest absolute Gasteiger partial charge is 1.00 e. The van der Waals surface area contributed by atoms with Crippen molar-refractivity contribution in [2.75, 3.05) is 0 Å². The summed E-state index contributed by atoms with van der Waals surface area (Å²) in [5, 5.41) is 0. The van der Waals surface area contributed by atoms with Crippen molar-refractivity contribution in [3.8, 4) is 11.1 Å². The molecule has 0 spiro atoms. The predicted octanol–water partition coefficient (Wildman–Crippen LogP) is 2.28. The molecule has 3 heteroatoms. The standard InChI is InChI=1S/C17H13.C7H9.C6H10.2ClH.Zr/c1-3-12-5-7-14-11-15-8-6-13(4-2)10-17(15)16(14)9-12;1-6-3-4-7(2)5-6;1-2-4-6-5-3-1;;;/h3-11H,1-2H2;3,5,7H,1-2H3;1-5H2;2*1H;/q;;;;;+2/p-2. The molecule has 3 aliphatic rings. The van der Waals surface area contributed by atoms with E-state index < -0.39 is 21.3 Å². The van der Waals surface area contributed by atoms with Gasteiger partial charge in [-0.25, -0.2) is 0 Å². The minimum atomic E-state index is -2.14. The Morgan fingerprint density at radius 2 is 1.39 bits per heavy atom. The van der Waals surface area contributed by atoms with E-state index in [1.165, 1.54) is 59.9 Å². The van der Waals surface area contributed by atoms with Gasteiger partial charge in [0, 0.05) is 0 Å². The van der Waals surface area contributed by atoms with E-state index in [0.29, 0.717) is 9.54 Å². The van der Waals surface area contributed by atoms with Crippen molar-refractivity contribution in [1.29, 1.82) is 0 Å². The van der Waals surface area contributed by atoms with Gasteiger partial charge in [0.1, 0.15) is 0 Å². The van der Waals surface area contributed by atoms with Crippen LogP contribution in [0.15, 0.2) is 70.6 Å². The summed E-state index contributed by atoms with van der Waals surface area (Å²) in [5.41, 5.74) is 9.93. The number of rotatable bonds is 4. The molecule has 1 fully saturated rings. The molecule has 170 valence electrons. The zero-order valence-corrected chi connectivity index (χ0v) is 23.6. The monoisotopic (exact) mass is 552 g/mol. The first kappa shape index (κ1) is 26.3. The fourth-order valence-corrected chi connectivity index (χ4v) is 16.0. The van der Waals surface area contributed by atoms with Crippen LogP contribution in [0.2, 0.25) is 0 Å². The summed E-state index contributed by atoms with van der Waals surface area (Å²) in [6, 6.07) is 14.2. The van der Waals surface area contributed by atoms with Crippen LogP contribution >= 0.6 is 0 Å². The second kappa shape index (κ2) is 11.0. The first-order valence-corrected chi connectivity index (χ1v) is 15.6. The SMILES string of the molecule is C=Cc1ccc2c(c1)-c1cc(C=C)ccc1[CH]2[Zr+2]([C]1=CC(C)=CC1C)=[C]1CCCCC1.[Cl-].[Cl-]. The maximum absolute atomic E-state index is 4.03. The molecule has 0 aromatic heterocycles. The molecule has 0 saturated heterocycles. The van der Waals surface area contributed by atoms with Crippen molar-refractivity contribution in [3.05, 3.63) is 92.8 Å². The first-order valence-electron chi connectivity index (χ1n) is 11.8. The third-order valence-corrected chi connectivity index (χ3v) is 16.4. The summed E-state index contributed by atoms with van der Waals surface area (Å²) in [4.78, 5) is 0. The van der Waals surface area contributed by atoms with E-state index in [0.717, 1.165) is 0 Å². The zero-order chi connectivity index (χ0) is 21.5. The van der Waals surface area contributed by atoms with Crippen LogP contribution in [0.4, 0.5) is 0 Å². The van der Waals surface area contributed by atoms with Gasteiger partial charge in [-0.3, -0.25) is 0 Å². The molecule has 1 saturated carbocycles. The zero-order valence-electron chi connectivity index (χ0n) is 19.6. The van der Waals surface area contributed by atoms with E-state index in [2.05, 4.69) is 75.6 Å². The third kappa shape index (κ3) is 4.80. The molecule has 3 aliphatic carbocycles. The topological polar surface area (TPSA) is 0 Å². The molecule has 0 N–H and O–H groups in total. The molecule has 33 heavy (non-hydrogen) atoms. The number of fused-ring (bicyclic) bond motifs is 3. The summed E-state index contributed by atoms with van der Waals surface area (Å²) in [7, 11) is 0. The van der Waals surface area contributed by atoms with Gasteiger partial charge in [-0.1, -0.05) is 0 Å². The summed E-state index contributed by atoms with van der Waals surface area (Å²) < 4.78 is 4.40. The number of benzene rings is 2. The Balaban J connectivity index is 0.00000153. The molecule has 0 bridgehead atoms. The van der Waals surface area contributed by atoms with Gasteiger partial charge in [-0.05, 0) is 0 Å². The van der Waals surface area contributed by atoms with Crippen LogP contribution in [0.1, 0.15) is 71.8 Å². The number of halogens is 2. The largest absolute Gasteiger partial charge is 1.00 e. The first-order chi connectivity index (χ1) is 15.1. The molecule has 0 radical (unpaired) electrons. The molecule has 0 heterocycles. The van der Waals surface area contributed by atoms with Crippen LogP contribution < -0.4 is 24.8 Å². The van der Waals surface area contributed by atoms with Gasteiger partial charge in [0.15, 0.2) is 0 Å². The van der Waals surface area contributed by atoms with Crippen molar-refractivity contribution in [2.45, 2.75) is 49.6 Å². The van der Waals surface area contributed by atoms with Gasteiger partial charge in [0.25, 0.3) is 0 Å². The Labute approximate surface area is 219 Å². The maximum Gasteiger partial charge on any atom is -1.00 e. The Morgan fingerprint density at radius 3 is 1.85 bits per heavy atom. The van der Waals surface area contributed by atoms with Gasteiger partial charge in [-0.2, -0.15) is 0 Å². The van der Waals surface area contributed by atoms with E-state index in [1.807, 2.05) is 18.6 Å². The van der Waals surface area contributed by atoms with E-state index in [1.54, 1.807) is 11.1 Å². The van der Waals surface area contributed by atoms with E-state index in [4.69, 9.17) is 0 Å². The van der Waals surface area contributed by atoms with Gasteiger partial charge in [-0.15, -0.1) is 0 Å². The van der Waals surface area contributed by atoms with E-state index in [-0.39, 0.29) is 24.8 Å². The average molecular weight is 555 g/mol. The number of allylic oxidation sites excluding steroid dienone is 4. The van der Waals surface area contributed by atoms with Gasteiger partial charge < -0.3 is 24.8 Å². The normalized spacial score (nSPS) is 18.6. The van der Waals surface area contributed by atoms with Gasteiger partial charge in [0.05, 0.1) is 0 Å². The molecule has 1 unspecified atom stereocenters. The summed E-state index contributed by atoms with van der Waals surface area (Å²) >= 11 is -2.14. The van der Waals surface area contributed by atoms with Crippen molar-refractivity contribution >= 4 is 15.4 Å².